The Labute approximate surface area is 126 Å². The van der Waals surface area contributed by atoms with Crippen molar-refractivity contribution >= 4 is 39.0 Å². The van der Waals surface area contributed by atoms with Crippen LogP contribution in [0.4, 0.5) is 0 Å². The van der Waals surface area contributed by atoms with Crippen LogP contribution < -0.4 is 0 Å². The standard InChI is InChI=1S/C12H12Cl2O5S/c13-8-3-4-9(11(14)10(8)12(15)16)20(17,18)6-7-2-1-5-19-7/h3-4,7H,1-2,5-6H2,(H,15,16). The van der Waals surface area contributed by atoms with Crippen LogP contribution in [0.2, 0.25) is 10.0 Å². The lowest BCUT2D eigenvalue weighted by Gasteiger charge is -2.13. The third kappa shape index (κ3) is 3.09. The number of sulfone groups is 1. The number of carboxylic acids is 1. The van der Waals surface area contributed by atoms with E-state index in [1.165, 1.54) is 12.1 Å². The molecule has 5 nitrogen and oxygen atoms in total. The molecular weight excluding hydrogens is 327 g/mol. The van der Waals surface area contributed by atoms with Gasteiger partial charge < -0.3 is 9.84 Å². The molecule has 1 aromatic rings. The highest BCUT2D eigenvalue weighted by atomic mass is 35.5. The highest BCUT2D eigenvalue weighted by Gasteiger charge is 2.29. The van der Waals surface area contributed by atoms with Crippen LogP contribution in [0, 0.1) is 0 Å². The SMILES string of the molecule is O=C(O)c1c(Cl)ccc(S(=O)(=O)CC2CCCO2)c1Cl. The summed E-state index contributed by atoms with van der Waals surface area (Å²) in [5, 5.41) is 8.58. The molecule has 0 aliphatic carbocycles. The summed E-state index contributed by atoms with van der Waals surface area (Å²) in [6.45, 7) is 0.537. The van der Waals surface area contributed by atoms with Gasteiger partial charge in [0.15, 0.2) is 9.84 Å². The number of benzene rings is 1. The molecule has 20 heavy (non-hydrogen) atoms. The molecule has 0 bridgehead atoms. The van der Waals surface area contributed by atoms with E-state index in [9.17, 15) is 13.2 Å². The van der Waals surface area contributed by atoms with Crippen LogP contribution in [0.3, 0.4) is 0 Å². The summed E-state index contributed by atoms with van der Waals surface area (Å²) >= 11 is 11.6. The Morgan fingerprint density at radius 3 is 2.65 bits per heavy atom. The monoisotopic (exact) mass is 338 g/mol. The van der Waals surface area contributed by atoms with Crippen LogP contribution in [0.1, 0.15) is 23.2 Å². The number of rotatable bonds is 4. The van der Waals surface area contributed by atoms with Crippen molar-refractivity contribution in [2.45, 2.75) is 23.8 Å². The van der Waals surface area contributed by atoms with Crippen LogP contribution in [0.5, 0.6) is 0 Å². The third-order valence-corrected chi connectivity index (χ3v) is 5.67. The van der Waals surface area contributed by atoms with E-state index < -0.39 is 21.4 Å². The second-order valence-corrected chi connectivity index (χ2v) is 7.24. The van der Waals surface area contributed by atoms with Crippen molar-refractivity contribution in [3.63, 3.8) is 0 Å². The first kappa shape index (κ1) is 15.6. The fourth-order valence-corrected chi connectivity index (χ4v) is 4.55. The predicted molar refractivity (Wildman–Crippen MR) is 74.4 cm³/mol. The van der Waals surface area contributed by atoms with Gasteiger partial charge in [0.25, 0.3) is 0 Å². The molecule has 1 heterocycles. The van der Waals surface area contributed by atoms with Gasteiger partial charge in [-0.25, -0.2) is 13.2 Å². The zero-order valence-corrected chi connectivity index (χ0v) is 12.6. The molecule has 1 N–H and O–H groups in total. The van der Waals surface area contributed by atoms with Crippen molar-refractivity contribution < 1.29 is 23.1 Å². The molecule has 2 rings (SSSR count). The lowest BCUT2D eigenvalue weighted by molar-refractivity contribution is 0.0697. The molecule has 1 unspecified atom stereocenters. The molecule has 1 aromatic carbocycles. The molecule has 1 fully saturated rings. The van der Waals surface area contributed by atoms with E-state index in [4.69, 9.17) is 33.0 Å². The average molecular weight is 339 g/mol. The van der Waals surface area contributed by atoms with E-state index in [0.717, 1.165) is 6.42 Å². The van der Waals surface area contributed by atoms with Crippen LogP contribution in [0.25, 0.3) is 0 Å². The van der Waals surface area contributed by atoms with E-state index in [-0.39, 0.29) is 26.8 Å². The van der Waals surface area contributed by atoms with Gasteiger partial charge in [0.05, 0.1) is 32.4 Å². The molecule has 0 radical (unpaired) electrons. The summed E-state index contributed by atoms with van der Waals surface area (Å²) in [5.74, 6) is -1.58. The van der Waals surface area contributed by atoms with Gasteiger partial charge in [-0.3, -0.25) is 0 Å². The molecule has 1 aliphatic rings. The van der Waals surface area contributed by atoms with Crippen molar-refractivity contribution in [2.75, 3.05) is 12.4 Å². The summed E-state index contributed by atoms with van der Waals surface area (Å²) in [6.07, 6.45) is 1.10. The maximum Gasteiger partial charge on any atom is 0.338 e. The highest BCUT2D eigenvalue weighted by Crippen LogP contribution is 2.32. The van der Waals surface area contributed by atoms with Crippen LogP contribution in [0.15, 0.2) is 17.0 Å². The Hall–Kier alpha value is -0.820. The van der Waals surface area contributed by atoms with Crippen LogP contribution >= 0.6 is 23.2 Å². The quantitative estimate of drug-likeness (QED) is 0.912. The highest BCUT2D eigenvalue weighted by molar-refractivity contribution is 7.91. The average Bonchev–Trinajstić information content (AvgIpc) is 2.79. The smallest absolute Gasteiger partial charge is 0.338 e. The molecule has 110 valence electrons. The van der Waals surface area contributed by atoms with E-state index in [1.807, 2.05) is 0 Å². The number of carbonyl (C=O) groups is 1. The van der Waals surface area contributed by atoms with E-state index in [1.54, 1.807) is 0 Å². The number of ether oxygens (including phenoxy) is 1. The summed E-state index contributed by atoms with van der Waals surface area (Å²) in [4.78, 5) is 10.9. The second kappa shape index (κ2) is 5.89. The van der Waals surface area contributed by atoms with Crippen molar-refractivity contribution in [1.29, 1.82) is 0 Å². The summed E-state index contributed by atoms with van der Waals surface area (Å²) in [6, 6.07) is 2.45. The minimum Gasteiger partial charge on any atom is -0.478 e. The number of aromatic carboxylic acids is 1. The normalized spacial score (nSPS) is 19.2. The Bertz CT molecular complexity index is 635. The van der Waals surface area contributed by atoms with E-state index in [2.05, 4.69) is 0 Å². The number of hydrogen-bond acceptors (Lipinski definition) is 4. The van der Waals surface area contributed by atoms with Gasteiger partial charge in [0.1, 0.15) is 0 Å². The minimum absolute atomic E-state index is 0.0985. The Kier molecular flexibility index (Phi) is 4.59. The van der Waals surface area contributed by atoms with Gasteiger partial charge in [-0.05, 0) is 25.0 Å². The number of hydrogen-bond donors (Lipinski definition) is 1. The second-order valence-electron chi connectivity index (χ2n) is 4.46. The van der Waals surface area contributed by atoms with E-state index in [0.29, 0.717) is 13.0 Å². The molecule has 1 atom stereocenters. The first-order chi connectivity index (χ1) is 9.33. The van der Waals surface area contributed by atoms with Gasteiger partial charge in [-0.1, -0.05) is 23.2 Å². The Balaban J connectivity index is 2.41. The molecule has 1 aliphatic heterocycles. The first-order valence-electron chi connectivity index (χ1n) is 5.88. The molecular formula is C12H12Cl2O5S. The molecule has 0 amide bonds. The topological polar surface area (TPSA) is 80.7 Å². The number of halogens is 2. The summed E-state index contributed by atoms with van der Waals surface area (Å²) in [5.41, 5.74) is -0.401. The molecule has 1 saturated heterocycles. The lowest BCUT2D eigenvalue weighted by Crippen LogP contribution is -2.21. The van der Waals surface area contributed by atoms with Gasteiger partial charge in [0, 0.05) is 6.61 Å². The Morgan fingerprint density at radius 1 is 1.40 bits per heavy atom. The molecule has 0 saturated carbocycles. The maximum atomic E-state index is 12.3. The lowest BCUT2D eigenvalue weighted by atomic mass is 10.2. The third-order valence-electron chi connectivity index (χ3n) is 3.03. The first-order valence-corrected chi connectivity index (χ1v) is 8.29. The molecule has 0 spiro atoms. The van der Waals surface area contributed by atoms with Gasteiger partial charge in [0.2, 0.25) is 0 Å². The fraction of sp³-hybridized carbons (Fsp3) is 0.417. The van der Waals surface area contributed by atoms with Crippen LogP contribution in [-0.2, 0) is 14.6 Å². The van der Waals surface area contributed by atoms with E-state index >= 15 is 0 Å². The predicted octanol–water partition coefficient (Wildman–Crippen LogP) is 2.64. The van der Waals surface area contributed by atoms with Gasteiger partial charge in [-0.2, -0.15) is 0 Å². The van der Waals surface area contributed by atoms with Gasteiger partial charge >= 0.3 is 5.97 Å². The van der Waals surface area contributed by atoms with Crippen molar-refractivity contribution in [1.82, 2.24) is 0 Å². The van der Waals surface area contributed by atoms with Crippen molar-refractivity contribution in [2.24, 2.45) is 0 Å². The summed E-state index contributed by atoms with van der Waals surface area (Å²) in [7, 11) is -3.73. The van der Waals surface area contributed by atoms with Crippen molar-refractivity contribution in [3.05, 3.63) is 27.7 Å². The van der Waals surface area contributed by atoms with Crippen molar-refractivity contribution in [3.8, 4) is 0 Å². The van der Waals surface area contributed by atoms with Gasteiger partial charge in [-0.15, -0.1) is 0 Å². The zero-order valence-electron chi connectivity index (χ0n) is 10.3. The molecule has 8 heteroatoms. The maximum absolute atomic E-state index is 12.3. The number of carboxylic acid groups (broad SMARTS) is 1. The van der Waals surface area contributed by atoms with Crippen LogP contribution in [-0.4, -0.2) is 38.0 Å². The fourth-order valence-electron chi connectivity index (χ4n) is 2.08. The zero-order chi connectivity index (χ0) is 14.9. The summed E-state index contributed by atoms with van der Waals surface area (Å²) < 4.78 is 29.9. The molecule has 0 aromatic heterocycles. The minimum atomic E-state index is -3.73. The largest absolute Gasteiger partial charge is 0.478 e. The Morgan fingerprint density at radius 2 is 2.10 bits per heavy atom.